The Labute approximate surface area is 114 Å². The van der Waals surface area contributed by atoms with Gasteiger partial charge in [0.05, 0.1) is 10.7 Å². The Balaban J connectivity index is 2.77. The van der Waals surface area contributed by atoms with Gasteiger partial charge in [-0.15, -0.1) is 0 Å². The molecule has 18 heavy (non-hydrogen) atoms. The molecule has 2 amide bonds. The SMILES string of the molecule is Cc1cc(C)c(NC(=O)N[C@H](C)C(C)C)c(Cl)c1. The Bertz CT molecular complexity index is 420. The first kappa shape index (κ1) is 14.8. The predicted octanol–water partition coefficient (Wildman–Crippen LogP) is 4.12. The largest absolute Gasteiger partial charge is 0.335 e. The molecule has 1 atom stereocenters. The molecule has 0 aliphatic heterocycles. The van der Waals surface area contributed by atoms with Gasteiger partial charge in [0.25, 0.3) is 0 Å². The summed E-state index contributed by atoms with van der Waals surface area (Å²) in [6.07, 6.45) is 0. The average Bonchev–Trinajstić information content (AvgIpc) is 2.23. The molecule has 0 bridgehead atoms. The summed E-state index contributed by atoms with van der Waals surface area (Å²) in [5.74, 6) is 0.394. The number of rotatable bonds is 3. The van der Waals surface area contributed by atoms with Crippen LogP contribution in [0.1, 0.15) is 31.9 Å². The third-order valence-corrected chi connectivity index (χ3v) is 3.33. The number of hydrogen-bond donors (Lipinski definition) is 2. The Morgan fingerprint density at radius 3 is 2.33 bits per heavy atom. The summed E-state index contributed by atoms with van der Waals surface area (Å²) in [6.45, 7) is 10.0. The number of nitrogens with one attached hydrogen (secondary N) is 2. The maximum absolute atomic E-state index is 11.8. The molecule has 0 aliphatic carbocycles. The summed E-state index contributed by atoms with van der Waals surface area (Å²) in [6, 6.07) is 3.74. The van der Waals surface area contributed by atoms with Crippen molar-refractivity contribution in [2.24, 2.45) is 5.92 Å². The van der Waals surface area contributed by atoms with Gasteiger partial charge in [0, 0.05) is 6.04 Å². The van der Waals surface area contributed by atoms with Crippen LogP contribution in [0.3, 0.4) is 0 Å². The van der Waals surface area contributed by atoms with Crippen molar-refractivity contribution in [1.29, 1.82) is 0 Å². The lowest BCUT2D eigenvalue weighted by molar-refractivity contribution is 0.246. The van der Waals surface area contributed by atoms with Crippen molar-refractivity contribution >= 4 is 23.3 Å². The molecule has 1 aromatic carbocycles. The number of carbonyl (C=O) groups is 1. The average molecular weight is 269 g/mol. The zero-order valence-electron chi connectivity index (χ0n) is 11.6. The van der Waals surface area contributed by atoms with Gasteiger partial charge in [-0.3, -0.25) is 0 Å². The molecule has 0 saturated carbocycles. The lowest BCUT2D eigenvalue weighted by Gasteiger charge is -2.19. The fraction of sp³-hybridized carbons (Fsp3) is 0.500. The van der Waals surface area contributed by atoms with E-state index in [1.807, 2.05) is 32.9 Å². The molecule has 0 fully saturated rings. The van der Waals surface area contributed by atoms with Crippen LogP contribution in [0.4, 0.5) is 10.5 Å². The van der Waals surface area contributed by atoms with Crippen molar-refractivity contribution in [1.82, 2.24) is 5.32 Å². The summed E-state index contributed by atoms with van der Waals surface area (Å²) < 4.78 is 0. The normalized spacial score (nSPS) is 12.4. The van der Waals surface area contributed by atoms with Crippen molar-refractivity contribution in [2.75, 3.05) is 5.32 Å². The van der Waals surface area contributed by atoms with Crippen LogP contribution in [-0.4, -0.2) is 12.1 Å². The molecule has 100 valence electrons. The highest BCUT2D eigenvalue weighted by Crippen LogP contribution is 2.27. The smallest absolute Gasteiger partial charge is 0.319 e. The highest BCUT2D eigenvalue weighted by atomic mass is 35.5. The van der Waals surface area contributed by atoms with E-state index in [2.05, 4.69) is 24.5 Å². The number of benzene rings is 1. The molecule has 0 saturated heterocycles. The standard InChI is InChI=1S/C14H21ClN2O/c1-8(2)11(5)16-14(18)17-13-10(4)6-9(3)7-12(13)15/h6-8,11H,1-5H3,(H2,16,17,18)/t11-/m1/s1. The van der Waals surface area contributed by atoms with Crippen LogP contribution in [0.15, 0.2) is 12.1 Å². The van der Waals surface area contributed by atoms with E-state index < -0.39 is 0 Å². The minimum atomic E-state index is -0.218. The molecule has 4 heteroatoms. The number of carbonyl (C=O) groups excluding carboxylic acids is 1. The molecule has 0 aliphatic rings. The molecule has 0 spiro atoms. The van der Waals surface area contributed by atoms with Crippen LogP contribution in [0, 0.1) is 19.8 Å². The van der Waals surface area contributed by atoms with E-state index in [4.69, 9.17) is 11.6 Å². The number of amides is 2. The Morgan fingerprint density at radius 2 is 1.83 bits per heavy atom. The van der Waals surface area contributed by atoms with E-state index in [9.17, 15) is 4.79 Å². The van der Waals surface area contributed by atoms with E-state index in [-0.39, 0.29) is 12.1 Å². The lowest BCUT2D eigenvalue weighted by atomic mass is 10.1. The minimum Gasteiger partial charge on any atom is -0.335 e. The Kier molecular flexibility index (Phi) is 5.03. The van der Waals surface area contributed by atoms with Crippen molar-refractivity contribution in [3.8, 4) is 0 Å². The summed E-state index contributed by atoms with van der Waals surface area (Å²) in [4.78, 5) is 11.8. The molecule has 0 radical (unpaired) electrons. The van der Waals surface area contributed by atoms with Crippen LogP contribution in [0.2, 0.25) is 5.02 Å². The summed E-state index contributed by atoms with van der Waals surface area (Å²) in [5, 5.41) is 6.27. The number of hydrogen-bond acceptors (Lipinski definition) is 1. The third kappa shape index (κ3) is 3.91. The van der Waals surface area contributed by atoms with Crippen LogP contribution >= 0.6 is 11.6 Å². The molecule has 2 N–H and O–H groups in total. The van der Waals surface area contributed by atoms with Gasteiger partial charge in [0.15, 0.2) is 0 Å². The number of urea groups is 1. The molecule has 3 nitrogen and oxygen atoms in total. The Morgan fingerprint density at radius 1 is 1.22 bits per heavy atom. The van der Waals surface area contributed by atoms with Crippen molar-refractivity contribution in [3.63, 3.8) is 0 Å². The van der Waals surface area contributed by atoms with Crippen molar-refractivity contribution in [3.05, 3.63) is 28.3 Å². The maximum Gasteiger partial charge on any atom is 0.319 e. The minimum absolute atomic E-state index is 0.120. The van der Waals surface area contributed by atoms with Crippen LogP contribution in [0.5, 0.6) is 0 Å². The van der Waals surface area contributed by atoms with E-state index in [1.165, 1.54) is 0 Å². The van der Waals surface area contributed by atoms with Gasteiger partial charge in [-0.1, -0.05) is 31.5 Å². The highest BCUT2D eigenvalue weighted by molar-refractivity contribution is 6.34. The van der Waals surface area contributed by atoms with E-state index in [0.717, 1.165) is 11.1 Å². The molecule has 0 heterocycles. The van der Waals surface area contributed by atoms with Gasteiger partial charge in [-0.25, -0.2) is 4.79 Å². The number of halogens is 1. The van der Waals surface area contributed by atoms with Crippen molar-refractivity contribution in [2.45, 2.75) is 40.7 Å². The second-order valence-corrected chi connectivity index (χ2v) is 5.48. The monoisotopic (exact) mass is 268 g/mol. The zero-order chi connectivity index (χ0) is 13.9. The first-order valence-electron chi connectivity index (χ1n) is 6.15. The van der Waals surface area contributed by atoms with Gasteiger partial charge >= 0.3 is 6.03 Å². The number of anilines is 1. The maximum atomic E-state index is 11.8. The molecule has 0 aromatic heterocycles. The fourth-order valence-electron chi connectivity index (χ4n) is 1.60. The fourth-order valence-corrected chi connectivity index (χ4v) is 1.97. The van der Waals surface area contributed by atoms with Gasteiger partial charge < -0.3 is 10.6 Å². The molecule has 1 rings (SSSR count). The second-order valence-electron chi connectivity index (χ2n) is 5.07. The summed E-state index contributed by atoms with van der Waals surface area (Å²) in [7, 11) is 0. The van der Waals surface area contributed by atoms with Crippen LogP contribution in [0.25, 0.3) is 0 Å². The summed E-state index contributed by atoms with van der Waals surface area (Å²) >= 11 is 6.14. The van der Waals surface area contributed by atoms with E-state index in [1.54, 1.807) is 0 Å². The molecule has 1 aromatic rings. The van der Waals surface area contributed by atoms with Gasteiger partial charge in [0.1, 0.15) is 0 Å². The first-order chi connectivity index (χ1) is 8.31. The second kappa shape index (κ2) is 6.10. The predicted molar refractivity (Wildman–Crippen MR) is 77.4 cm³/mol. The zero-order valence-corrected chi connectivity index (χ0v) is 12.4. The van der Waals surface area contributed by atoms with Gasteiger partial charge in [-0.05, 0) is 43.9 Å². The molecule has 0 unspecified atom stereocenters. The third-order valence-electron chi connectivity index (χ3n) is 3.03. The van der Waals surface area contributed by atoms with Crippen LogP contribution in [-0.2, 0) is 0 Å². The van der Waals surface area contributed by atoms with Gasteiger partial charge in [-0.2, -0.15) is 0 Å². The quantitative estimate of drug-likeness (QED) is 0.851. The van der Waals surface area contributed by atoms with Crippen molar-refractivity contribution < 1.29 is 4.79 Å². The molecular formula is C14H21ClN2O. The number of aryl methyl sites for hydroxylation is 2. The molecular weight excluding hydrogens is 248 g/mol. The topological polar surface area (TPSA) is 41.1 Å². The summed E-state index contributed by atoms with van der Waals surface area (Å²) in [5.41, 5.74) is 2.72. The van der Waals surface area contributed by atoms with E-state index in [0.29, 0.717) is 16.6 Å². The Hall–Kier alpha value is -1.22. The van der Waals surface area contributed by atoms with Gasteiger partial charge in [0.2, 0.25) is 0 Å². The van der Waals surface area contributed by atoms with Crippen LogP contribution < -0.4 is 10.6 Å². The highest BCUT2D eigenvalue weighted by Gasteiger charge is 2.13. The lowest BCUT2D eigenvalue weighted by Crippen LogP contribution is -2.39. The van der Waals surface area contributed by atoms with E-state index >= 15 is 0 Å². The first-order valence-corrected chi connectivity index (χ1v) is 6.53.